The van der Waals surface area contributed by atoms with Gasteiger partial charge in [-0.25, -0.2) is 0 Å². The van der Waals surface area contributed by atoms with Gasteiger partial charge in [-0.2, -0.15) is 0 Å². The van der Waals surface area contributed by atoms with Crippen LogP contribution in [0.5, 0.6) is 0 Å². The van der Waals surface area contributed by atoms with Crippen LogP contribution in [0.4, 0.5) is 0 Å². The minimum absolute atomic E-state index is 0.0526. The molecule has 2 amide bonds. The maximum Gasteiger partial charge on any atom is 0.323 e. The van der Waals surface area contributed by atoms with Crippen LogP contribution < -0.4 is 0 Å². The van der Waals surface area contributed by atoms with Crippen molar-refractivity contribution in [2.45, 2.75) is 18.5 Å². The zero-order chi connectivity index (χ0) is 12.6. The van der Waals surface area contributed by atoms with Gasteiger partial charge in [0, 0.05) is 13.6 Å². The van der Waals surface area contributed by atoms with Gasteiger partial charge >= 0.3 is 5.97 Å². The normalized spacial score (nSPS) is 31.0. The first-order valence-electron chi connectivity index (χ1n) is 5.39. The van der Waals surface area contributed by atoms with Gasteiger partial charge in [0.2, 0.25) is 11.8 Å². The van der Waals surface area contributed by atoms with Gasteiger partial charge in [-0.15, -0.1) is 0 Å². The molecule has 2 aliphatic heterocycles. The van der Waals surface area contributed by atoms with E-state index in [-0.39, 0.29) is 24.8 Å². The van der Waals surface area contributed by atoms with E-state index in [1.54, 1.807) is 4.90 Å². The fourth-order valence-electron chi connectivity index (χ4n) is 2.20. The third-order valence-corrected chi connectivity index (χ3v) is 3.21. The van der Waals surface area contributed by atoms with Gasteiger partial charge in [0.1, 0.15) is 6.04 Å². The number of carbonyl (C=O) groups is 3. The smallest absolute Gasteiger partial charge is 0.323 e. The number of amides is 2. The summed E-state index contributed by atoms with van der Waals surface area (Å²) in [5, 5.41) is 9.06. The second kappa shape index (κ2) is 4.42. The number of rotatable bonds is 2. The number of likely N-dealkylation sites (tertiary alicyclic amines) is 1. The number of hydrogen-bond acceptors (Lipinski definition) is 5. The number of carboxylic acid groups (broad SMARTS) is 1. The van der Waals surface area contributed by atoms with Crippen molar-refractivity contribution < 1.29 is 24.2 Å². The molecule has 0 radical (unpaired) electrons. The molecule has 0 aromatic carbocycles. The van der Waals surface area contributed by atoms with E-state index in [1.165, 1.54) is 7.05 Å². The standard InChI is InChI=1S/C10H14N2O5/c1-11-8(13)4-6(9(11)14)12-2-3-17-5-7(12)10(15)16/h6-7H,2-5H2,1H3,(H,15,16). The van der Waals surface area contributed by atoms with E-state index in [0.717, 1.165) is 4.90 Å². The van der Waals surface area contributed by atoms with Crippen LogP contribution in [0.15, 0.2) is 0 Å². The van der Waals surface area contributed by atoms with Crippen molar-refractivity contribution in [1.82, 2.24) is 9.80 Å². The number of likely N-dealkylation sites (N-methyl/N-ethyl adjacent to an activating group) is 1. The Balaban J connectivity index is 2.17. The number of imide groups is 1. The van der Waals surface area contributed by atoms with Crippen LogP contribution in [0.1, 0.15) is 6.42 Å². The molecule has 2 atom stereocenters. The first-order chi connectivity index (χ1) is 8.02. The Bertz CT molecular complexity index is 370. The molecule has 0 aromatic heterocycles. The van der Waals surface area contributed by atoms with E-state index in [2.05, 4.69) is 0 Å². The van der Waals surface area contributed by atoms with Gasteiger partial charge in [-0.1, -0.05) is 0 Å². The summed E-state index contributed by atoms with van der Waals surface area (Å²) in [6, 6.07) is -1.51. The molecule has 0 saturated carbocycles. The van der Waals surface area contributed by atoms with Gasteiger partial charge in [0.25, 0.3) is 0 Å². The van der Waals surface area contributed by atoms with Crippen LogP contribution in [0.2, 0.25) is 0 Å². The lowest BCUT2D eigenvalue weighted by Gasteiger charge is -2.35. The summed E-state index contributed by atoms with van der Waals surface area (Å²) in [4.78, 5) is 36.9. The largest absolute Gasteiger partial charge is 0.480 e. The Kier molecular flexibility index (Phi) is 3.12. The second-order valence-electron chi connectivity index (χ2n) is 4.18. The van der Waals surface area contributed by atoms with Gasteiger partial charge in [0.15, 0.2) is 0 Å². The summed E-state index contributed by atoms with van der Waals surface area (Å²) in [7, 11) is 1.42. The van der Waals surface area contributed by atoms with E-state index in [1.807, 2.05) is 0 Å². The molecule has 0 bridgehead atoms. The lowest BCUT2D eigenvalue weighted by atomic mass is 10.1. The van der Waals surface area contributed by atoms with Gasteiger partial charge in [0.05, 0.1) is 25.7 Å². The number of hydrogen-bond donors (Lipinski definition) is 1. The molecule has 17 heavy (non-hydrogen) atoms. The lowest BCUT2D eigenvalue weighted by Crippen LogP contribution is -2.56. The van der Waals surface area contributed by atoms with Crippen molar-refractivity contribution in [2.75, 3.05) is 26.8 Å². The number of morpholine rings is 1. The lowest BCUT2D eigenvalue weighted by molar-refractivity contribution is -0.153. The molecular formula is C10H14N2O5. The zero-order valence-electron chi connectivity index (χ0n) is 9.46. The molecule has 7 heteroatoms. The maximum atomic E-state index is 11.8. The van der Waals surface area contributed by atoms with Crippen molar-refractivity contribution in [3.05, 3.63) is 0 Å². The highest BCUT2D eigenvalue weighted by atomic mass is 16.5. The molecule has 2 saturated heterocycles. The quantitative estimate of drug-likeness (QED) is 0.595. The molecule has 2 rings (SSSR count). The Hall–Kier alpha value is -1.47. The highest BCUT2D eigenvalue weighted by molar-refractivity contribution is 6.05. The predicted molar refractivity (Wildman–Crippen MR) is 55.1 cm³/mol. The van der Waals surface area contributed by atoms with Crippen LogP contribution in [0.3, 0.4) is 0 Å². The van der Waals surface area contributed by atoms with Gasteiger partial charge in [-0.3, -0.25) is 24.2 Å². The van der Waals surface area contributed by atoms with Crippen LogP contribution in [0, 0.1) is 0 Å². The zero-order valence-corrected chi connectivity index (χ0v) is 9.46. The summed E-state index contributed by atoms with van der Waals surface area (Å²) in [5.41, 5.74) is 0. The van der Waals surface area contributed by atoms with E-state index >= 15 is 0 Å². The second-order valence-corrected chi connectivity index (χ2v) is 4.18. The van der Waals surface area contributed by atoms with Crippen molar-refractivity contribution in [1.29, 1.82) is 0 Å². The molecular weight excluding hydrogens is 228 g/mol. The molecule has 2 aliphatic rings. The molecule has 7 nitrogen and oxygen atoms in total. The first-order valence-corrected chi connectivity index (χ1v) is 5.39. The fraction of sp³-hybridized carbons (Fsp3) is 0.700. The summed E-state index contributed by atoms with van der Waals surface area (Å²) in [6.45, 7) is 0.789. The van der Waals surface area contributed by atoms with Gasteiger partial charge in [-0.05, 0) is 0 Å². The summed E-state index contributed by atoms with van der Waals surface area (Å²) in [5.74, 6) is -1.63. The molecule has 0 spiro atoms. The number of nitrogens with zero attached hydrogens (tertiary/aromatic N) is 2. The number of carboxylic acids is 1. The Morgan fingerprint density at radius 3 is 2.71 bits per heavy atom. The molecule has 0 aromatic rings. The average molecular weight is 242 g/mol. The number of ether oxygens (including phenoxy) is 1. The topological polar surface area (TPSA) is 87.2 Å². The molecule has 1 N–H and O–H groups in total. The Morgan fingerprint density at radius 2 is 2.18 bits per heavy atom. The summed E-state index contributed by atoms with van der Waals surface area (Å²) in [6.07, 6.45) is 0.0547. The van der Waals surface area contributed by atoms with E-state index in [4.69, 9.17) is 9.84 Å². The van der Waals surface area contributed by atoms with Crippen LogP contribution >= 0.6 is 0 Å². The molecule has 2 unspecified atom stereocenters. The van der Waals surface area contributed by atoms with Crippen LogP contribution in [-0.4, -0.2) is 71.6 Å². The van der Waals surface area contributed by atoms with Gasteiger partial charge < -0.3 is 9.84 Å². The molecule has 94 valence electrons. The Labute approximate surface area is 97.9 Å². The molecule has 2 heterocycles. The predicted octanol–water partition coefficient (Wildman–Crippen LogP) is -1.47. The van der Waals surface area contributed by atoms with E-state index in [9.17, 15) is 14.4 Å². The highest BCUT2D eigenvalue weighted by Gasteiger charge is 2.44. The van der Waals surface area contributed by atoms with Crippen molar-refractivity contribution in [3.8, 4) is 0 Å². The number of carbonyl (C=O) groups excluding carboxylic acids is 2. The first kappa shape index (κ1) is 12.0. The molecule has 2 fully saturated rings. The fourth-order valence-corrected chi connectivity index (χ4v) is 2.20. The van der Waals surface area contributed by atoms with Crippen molar-refractivity contribution in [3.63, 3.8) is 0 Å². The van der Waals surface area contributed by atoms with Crippen molar-refractivity contribution >= 4 is 17.8 Å². The van der Waals surface area contributed by atoms with E-state index in [0.29, 0.717) is 13.2 Å². The van der Waals surface area contributed by atoms with E-state index < -0.39 is 18.1 Å². The summed E-state index contributed by atoms with van der Waals surface area (Å²) < 4.78 is 5.09. The van der Waals surface area contributed by atoms with Crippen LogP contribution in [-0.2, 0) is 19.1 Å². The minimum Gasteiger partial charge on any atom is -0.480 e. The average Bonchev–Trinajstić information content (AvgIpc) is 2.57. The van der Waals surface area contributed by atoms with Crippen molar-refractivity contribution in [2.24, 2.45) is 0 Å². The minimum atomic E-state index is -1.03. The SMILES string of the molecule is CN1C(=O)CC(N2CCOCC2C(=O)O)C1=O. The number of aliphatic carboxylic acids is 1. The monoisotopic (exact) mass is 242 g/mol. The molecule has 0 aliphatic carbocycles. The Morgan fingerprint density at radius 1 is 1.47 bits per heavy atom. The summed E-state index contributed by atoms with van der Waals surface area (Å²) >= 11 is 0. The maximum absolute atomic E-state index is 11.8. The third kappa shape index (κ3) is 2.03. The van der Waals surface area contributed by atoms with Crippen LogP contribution in [0.25, 0.3) is 0 Å². The third-order valence-electron chi connectivity index (χ3n) is 3.21. The highest BCUT2D eigenvalue weighted by Crippen LogP contribution is 2.21.